The standard InChI is InChI=1S/C10H22N2/c1-5-7-10(8-11-6-2)12-9(3)4/h8-9,11-12H,5-7H2,1-4H3. The summed E-state index contributed by atoms with van der Waals surface area (Å²) in [6, 6.07) is 0.529. The quantitative estimate of drug-likeness (QED) is 0.639. The van der Waals surface area contributed by atoms with Crippen LogP contribution >= 0.6 is 0 Å². The van der Waals surface area contributed by atoms with Gasteiger partial charge < -0.3 is 10.6 Å². The topological polar surface area (TPSA) is 24.1 Å². The van der Waals surface area contributed by atoms with E-state index in [1.165, 1.54) is 12.1 Å². The molecule has 0 aromatic carbocycles. The van der Waals surface area contributed by atoms with Crippen LogP contribution < -0.4 is 10.6 Å². The van der Waals surface area contributed by atoms with E-state index in [1.54, 1.807) is 0 Å². The molecule has 2 N–H and O–H groups in total. The first-order valence-electron chi connectivity index (χ1n) is 4.89. The molecular weight excluding hydrogens is 148 g/mol. The maximum atomic E-state index is 3.41. The molecule has 2 heteroatoms. The minimum atomic E-state index is 0.529. The van der Waals surface area contributed by atoms with Crippen LogP contribution in [0.15, 0.2) is 11.9 Å². The molecule has 0 fully saturated rings. The summed E-state index contributed by atoms with van der Waals surface area (Å²) in [6.07, 6.45) is 4.41. The largest absolute Gasteiger partial charge is 0.390 e. The van der Waals surface area contributed by atoms with Gasteiger partial charge in [-0.25, -0.2) is 0 Å². The predicted molar refractivity (Wildman–Crippen MR) is 54.9 cm³/mol. The Morgan fingerprint density at radius 1 is 1.33 bits per heavy atom. The average Bonchev–Trinajstić information content (AvgIpc) is 2.00. The Kier molecular flexibility index (Phi) is 6.63. The fraction of sp³-hybridized carbons (Fsp3) is 0.800. The summed E-state index contributed by atoms with van der Waals surface area (Å²) in [5.41, 5.74) is 1.31. The lowest BCUT2D eigenvalue weighted by atomic mass is 10.2. The average molecular weight is 170 g/mol. The van der Waals surface area contributed by atoms with Crippen molar-refractivity contribution < 1.29 is 0 Å². The summed E-state index contributed by atoms with van der Waals surface area (Å²) in [5, 5.41) is 6.63. The molecule has 0 aliphatic heterocycles. The van der Waals surface area contributed by atoms with Gasteiger partial charge in [-0.15, -0.1) is 0 Å². The van der Waals surface area contributed by atoms with Crippen molar-refractivity contribution in [2.45, 2.75) is 46.6 Å². The molecule has 72 valence electrons. The number of hydrogen-bond donors (Lipinski definition) is 2. The lowest BCUT2D eigenvalue weighted by molar-refractivity contribution is 0.629. The van der Waals surface area contributed by atoms with Crippen LogP contribution in [0.5, 0.6) is 0 Å². The van der Waals surface area contributed by atoms with E-state index in [2.05, 4.69) is 44.5 Å². The highest BCUT2D eigenvalue weighted by atomic mass is 14.9. The van der Waals surface area contributed by atoms with Crippen molar-refractivity contribution in [3.05, 3.63) is 11.9 Å². The molecule has 2 nitrogen and oxygen atoms in total. The lowest BCUT2D eigenvalue weighted by Gasteiger charge is -2.13. The van der Waals surface area contributed by atoms with E-state index in [0.717, 1.165) is 13.0 Å². The van der Waals surface area contributed by atoms with Crippen molar-refractivity contribution in [1.82, 2.24) is 10.6 Å². The molecule has 0 bridgehead atoms. The normalized spacial score (nSPS) is 11.9. The molecule has 0 saturated heterocycles. The molecule has 0 saturated carbocycles. The maximum absolute atomic E-state index is 3.41. The van der Waals surface area contributed by atoms with Gasteiger partial charge in [-0.1, -0.05) is 13.3 Å². The van der Waals surface area contributed by atoms with Crippen LogP contribution in [-0.2, 0) is 0 Å². The van der Waals surface area contributed by atoms with E-state index in [1.807, 2.05) is 0 Å². The molecule has 0 rings (SSSR count). The van der Waals surface area contributed by atoms with E-state index in [9.17, 15) is 0 Å². The van der Waals surface area contributed by atoms with Crippen LogP contribution in [0.2, 0.25) is 0 Å². The Morgan fingerprint density at radius 3 is 2.42 bits per heavy atom. The first kappa shape index (κ1) is 11.3. The third-order valence-corrected chi connectivity index (χ3v) is 1.47. The number of allylic oxidation sites excluding steroid dienone is 1. The molecule has 0 aliphatic carbocycles. The SMILES string of the molecule is CCCC(=CNCC)NC(C)C. The highest BCUT2D eigenvalue weighted by Crippen LogP contribution is 2.00. The van der Waals surface area contributed by atoms with Gasteiger partial charge in [0.1, 0.15) is 0 Å². The number of hydrogen-bond acceptors (Lipinski definition) is 2. The summed E-state index contributed by atoms with van der Waals surface area (Å²) in [6.45, 7) is 9.62. The third-order valence-electron chi connectivity index (χ3n) is 1.47. The van der Waals surface area contributed by atoms with Crippen molar-refractivity contribution in [2.24, 2.45) is 0 Å². The molecule has 0 aliphatic rings. The van der Waals surface area contributed by atoms with Crippen molar-refractivity contribution in [3.8, 4) is 0 Å². The first-order chi connectivity index (χ1) is 5.70. The van der Waals surface area contributed by atoms with Gasteiger partial charge in [0.2, 0.25) is 0 Å². The molecule has 0 heterocycles. The molecule has 0 aromatic heterocycles. The van der Waals surface area contributed by atoms with E-state index in [-0.39, 0.29) is 0 Å². The summed E-state index contributed by atoms with van der Waals surface area (Å²) >= 11 is 0. The van der Waals surface area contributed by atoms with Crippen molar-refractivity contribution in [2.75, 3.05) is 6.54 Å². The Balaban J connectivity index is 3.84. The van der Waals surface area contributed by atoms with E-state index in [4.69, 9.17) is 0 Å². The maximum Gasteiger partial charge on any atom is 0.0268 e. The zero-order chi connectivity index (χ0) is 9.40. The van der Waals surface area contributed by atoms with Gasteiger partial charge in [0.25, 0.3) is 0 Å². The lowest BCUT2D eigenvalue weighted by Crippen LogP contribution is -2.23. The smallest absolute Gasteiger partial charge is 0.0268 e. The Hall–Kier alpha value is -0.660. The molecule has 0 aromatic rings. The van der Waals surface area contributed by atoms with E-state index >= 15 is 0 Å². The molecule has 0 atom stereocenters. The predicted octanol–water partition coefficient (Wildman–Crippen LogP) is 2.24. The second-order valence-corrected chi connectivity index (χ2v) is 3.28. The van der Waals surface area contributed by atoms with E-state index in [0.29, 0.717) is 6.04 Å². The van der Waals surface area contributed by atoms with Crippen LogP contribution in [0.1, 0.15) is 40.5 Å². The highest BCUT2D eigenvalue weighted by molar-refractivity contribution is 4.98. The highest BCUT2D eigenvalue weighted by Gasteiger charge is 1.96. The van der Waals surface area contributed by atoms with E-state index < -0.39 is 0 Å². The zero-order valence-electron chi connectivity index (χ0n) is 8.78. The monoisotopic (exact) mass is 170 g/mol. The van der Waals surface area contributed by atoms with Gasteiger partial charge in [-0.2, -0.15) is 0 Å². The van der Waals surface area contributed by atoms with Gasteiger partial charge in [-0.05, 0) is 27.2 Å². The van der Waals surface area contributed by atoms with Crippen LogP contribution in [0.4, 0.5) is 0 Å². The van der Waals surface area contributed by atoms with Gasteiger partial charge >= 0.3 is 0 Å². The second-order valence-electron chi connectivity index (χ2n) is 3.28. The zero-order valence-corrected chi connectivity index (χ0v) is 8.78. The summed E-state index contributed by atoms with van der Waals surface area (Å²) < 4.78 is 0. The van der Waals surface area contributed by atoms with Crippen LogP contribution in [0, 0.1) is 0 Å². The van der Waals surface area contributed by atoms with Crippen molar-refractivity contribution in [1.29, 1.82) is 0 Å². The Morgan fingerprint density at radius 2 is 2.00 bits per heavy atom. The Bertz CT molecular complexity index is 128. The Labute approximate surface area is 76.4 Å². The minimum absolute atomic E-state index is 0.529. The summed E-state index contributed by atoms with van der Waals surface area (Å²) in [4.78, 5) is 0. The molecule has 0 radical (unpaired) electrons. The van der Waals surface area contributed by atoms with Gasteiger partial charge in [0.05, 0.1) is 0 Å². The minimum Gasteiger partial charge on any atom is -0.390 e. The molecule has 0 unspecified atom stereocenters. The molecule has 0 amide bonds. The fourth-order valence-corrected chi connectivity index (χ4v) is 1.05. The molecular formula is C10H22N2. The van der Waals surface area contributed by atoms with Gasteiger partial charge in [-0.3, -0.25) is 0 Å². The fourth-order valence-electron chi connectivity index (χ4n) is 1.05. The van der Waals surface area contributed by atoms with Crippen LogP contribution in [-0.4, -0.2) is 12.6 Å². The number of nitrogens with one attached hydrogen (secondary N) is 2. The van der Waals surface area contributed by atoms with Gasteiger partial charge in [0, 0.05) is 24.5 Å². The first-order valence-corrected chi connectivity index (χ1v) is 4.89. The van der Waals surface area contributed by atoms with Crippen LogP contribution in [0.25, 0.3) is 0 Å². The second kappa shape index (κ2) is 7.01. The van der Waals surface area contributed by atoms with Crippen molar-refractivity contribution >= 4 is 0 Å². The van der Waals surface area contributed by atoms with Crippen molar-refractivity contribution in [3.63, 3.8) is 0 Å². The van der Waals surface area contributed by atoms with Crippen LogP contribution in [0.3, 0.4) is 0 Å². The number of rotatable bonds is 6. The van der Waals surface area contributed by atoms with Gasteiger partial charge in [0.15, 0.2) is 0 Å². The molecule has 12 heavy (non-hydrogen) atoms. The summed E-state index contributed by atoms with van der Waals surface area (Å²) in [5.74, 6) is 0. The molecule has 0 spiro atoms. The summed E-state index contributed by atoms with van der Waals surface area (Å²) in [7, 11) is 0. The third kappa shape index (κ3) is 6.08.